The first kappa shape index (κ1) is 43.6. The van der Waals surface area contributed by atoms with Crippen LogP contribution in [0.3, 0.4) is 0 Å². The molecular weight excluding hydrogens is 816 g/mol. The second-order valence-electron chi connectivity index (χ2n) is 11.3. The van der Waals surface area contributed by atoms with Crippen LogP contribution in [-0.4, -0.2) is 29.9 Å². The van der Waals surface area contributed by atoms with E-state index in [0.29, 0.717) is 20.2 Å². The molecule has 0 saturated heterocycles. The van der Waals surface area contributed by atoms with Gasteiger partial charge in [-0.05, 0) is 81.2 Å². The van der Waals surface area contributed by atoms with Gasteiger partial charge in [0.15, 0.2) is 29.8 Å². The molecule has 0 aliphatic carbocycles. The first-order chi connectivity index (χ1) is 26.7. The summed E-state index contributed by atoms with van der Waals surface area (Å²) in [6, 6.07) is 33.2. The fourth-order valence-corrected chi connectivity index (χ4v) is 7.88. The maximum absolute atomic E-state index is 5.60. The Labute approximate surface area is 355 Å². The Morgan fingerprint density at radius 2 is 0.673 bits per heavy atom. The first-order valence-corrected chi connectivity index (χ1v) is 21.4. The molecule has 0 amide bonds. The van der Waals surface area contributed by atoms with Gasteiger partial charge >= 0.3 is 0 Å². The van der Waals surface area contributed by atoms with E-state index in [0.717, 1.165) is 60.5 Å². The fourth-order valence-electron chi connectivity index (χ4n) is 4.35. The van der Waals surface area contributed by atoms with Crippen LogP contribution in [0, 0.1) is 14.3 Å². The molecule has 6 rings (SSSR count). The van der Waals surface area contributed by atoms with E-state index in [-0.39, 0.29) is 0 Å². The van der Waals surface area contributed by atoms with Gasteiger partial charge in [0, 0.05) is 23.1 Å². The molecule has 0 unspecified atom stereocenters. The Balaban J connectivity index is 0.000000287. The van der Waals surface area contributed by atoms with Crippen molar-refractivity contribution in [2.75, 3.05) is 0 Å². The number of alkyl halides is 1. The van der Waals surface area contributed by atoms with E-state index in [1.807, 2.05) is 48.6 Å². The molecule has 0 aliphatic heterocycles. The minimum atomic E-state index is 0.448. The molecule has 280 valence electrons. The second kappa shape index (κ2) is 23.7. The van der Waals surface area contributed by atoms with Crippen molar-refractivity contribution in [3.05, 3.63) is 182 Å². The highest BCUT2D eigenvalue weighted by Crippen LogP contribution is 2.28. The summed E-state index contributed by atoms with van der Waals surface area (Å²) in [6.45, 7) is 15.1. The number of rotatable bonds is 14. The third-order valence-corrected chi connectivity index (χ3v) is 11.1. The third-order valence-electron chi connectivity index (χ3n) is 7.37. The quantitative estimate of drug-likeness (QED) is 0.0563. The van der Waals surface area contributed by atoms with Crippen LogP contribution in [0.25, 0.3) is 24.3 Å². The van der Waals surface area contributed by atoms with Gasteiger partial charge in [0.25, 0.3) is 0 Å². The Morgan fingerprint density at radius 1 is 0.436 bits per heavy atom. The van der Waals surface area contributed by atoms with Gasteiger partial charge in [0.05, 0.1) is 0 Å². The summed E-state index contributed by atoms with van der Waals surface area (Å²) < 4.78 is 1.34. The monoisotopic (exact) mass is 854 g/mol. The topological polar surface area (TPSA) is 86.0 Å². The summed E-state index contributed by atoms with van der Waals surface area (Å²) in [5.41, 5.74) is 9.29. The van der Waals surface area contributed by atoms with Gasteiger partial charge in [0.2, 0.25) is 0 Å². The average molecular weight is 856 g/mol. The van der Waals surface area contributed by atoms with E-state index < -0.39 is 0 Å². The maximum Gasteiger partial charge on any atom is 0.192 e. The Hall–Kier alpha value is -4.14. The molecule has 2 heterocycles. The van der Waals surface area contributed by atoms with Crippen molar-refractivity contribution in [2.45, 2.75) is 38.6 Å². The number of nitrogens with zero attached hydrogens (tertiary/aromatic N) is 3. The first-order valence-electron chi connectivity index (χ1n) is 16.7. The molecule has 0 spiro atoms. The van der Waals surface area contributed by atoms with E-state index in [1.54, 1.807) is 35.3 Å². The van der Waals surface area contributed by atoms with Crippen LogP contribution in [0.1, 0.15) is 44.5 Å². The van der Waals surface area contributed by atoms with Gasteiger partial charge in [-0.15, -0.1) is 11.6 Å². The van der Waals surface area contributed by atoms with Crippen molar-refractivity contribution in [3.8, 4) is 0 Å². The van der Waals surface area contributed by atoms with E-state index in [9.17, 15) is 0 Å². The van der Waals surface area contributed by atoms with Gasteiger partial charge in [-0.1, -0.05) is 183 Å². The zero-order valence-corrected chi connectivity index (χ0v) is 35.5. The predicted octanol–water partition coefficient (Wildman–Crippen LogP) is 13.6. The molecule has 0 fully saturated rings. The van der Waals surface area contributed by atoms with E-state index in [2.05, 4.69) is 114 Å². The summed E-state index contributed by atoms with van der Waals surface area (Å²) in [4.78, 5) is 22.3. The van der Waals surface area contributed by atoms with Crippen LogP contribution in [-0.2, 0) is 23.1 Å². The van der Waals surface area contributed by atoms with E-state index >= 15 is 0 Å². The predicted molar refractivity (Wildman–Crippen MR) is 246 cm³/mol. The summed E-state index contributed by atoms with van der Waals surface area (Å²) in [7, 11) is 0. The standard InChI is InChI=1S/C30H27N3S3.C9H9Cl.C3H3N3S3/c1-4-22-7-13-25(14-8-22)19-34-28-31-29(35-20-26-15-9-23(5-2)10-16-26)33-30(32-28)36-21-27-17-11-24(6-3)12-18-27;1-2-8-3-5-9(7-10)6-4-8;7-1-4-2(8)6-3(9)5-1/h4-18H,1-3,19-21H2;2-6H,1,7H2;(H3,4,5,6,7,8,9). The maximum atomic E-state index is 5.60. The summed E-state index contributed by atoms with van der Waals surface area (Å²) in [5, 5.41) is 2.23. The zero-order chi connectivity index (χ0) is 39.4. The van der Waals surface area contributed by atoms with Crippen LogP contribution in [0.5, 0.6) is 0 Å². The number of thioether (sulfide) groups is 3. The number of aromatic amines is 3. The van der Waals surface area contributed by atoms with Crippen molar-refractivity contribution in [1.82, 2.24) is 29.9 Å². The molecular formula is C42H39ClN6S6. The number of hydrogen-bond acceptors (Lipinski definition) is 9. The highest BCUT2D eigenvalue weighted by molar-refractivity contribution is 7.99. The lowest BCUT2D eigenvalue weighted by Gasteiger charge is -2.08. The third kappa shape index (κ3) is 15.9. The van der Waals surface area contributed by atoms with Gasteiger partial charge in [0.1, 0.15) is 0 Å². The average Bonchev–Trinajstić information content (AvgIpc) is 3.22. The molecule has 0 saturated carbocycles. The van der Waals surface area contributed by atoms with E-state index in [1.165, 1.54) is 16.7 Å². The summed E-state index contributed by atoms with van der Waals surface area (Å²) >= 11 is 24.7. The highest BCUT2D eigenvalue weighted by Gasteiger charge is 2.10. The molecule has 0 aliphatic rings. The number of halogens is 1. The normalized spacial score (nSPS) is 10.2. The SMILES string of the molecule is C=Cc1ccc(CCl)cc1.C=Cc1ccc(CSc2nc(SCc3ccc(C=C)cc3)nc(SCc3ccc(C=C)cc3)n2)cc1.S=c1[nH]c(=S)[nH]c(=S)[nH]1. The molecule has 6 nitrogen and oxygen atoms in total. The minimum Gasteiger partial charge on any atom is -0.309 e. The largest absolute Gasteiger partial charge is 0.309 e. The van der Waals surface area contributed by atoms with Crippen molar-refractivity contribution in [3.63, 3.8) is 0 Å². The number of benzene rings is 4. The number of nitrogens with one attached hydrogen (secondary N) is 3. The molecule has 0 bridgehead atoms. The number of hydrogen-bond donors (Lipinski definition) is 3. The lowest BCUT2D eigenvalue weighted by molar-refractivity contribution is 0.717. The van der Waals surface area contributed by atoms with Crippen LogP contribution in [0.15, 0.2) is 139 Å². The van der Waals surface area contributed by atoms with Crippen LogP contribution >= 0.6 is 83.5 Å². The Morgan fingerprint density at radius 3 is 0.891 bits per heavy atom. The van der Waals surface area contributed by atoms with Crippen molar-refractivity contribution in [2.24, 2.45) is 0 Å². The second-order valence-corrected chi connectivity index (χ2v) is 15.6. The van der Waals surface area contributed by atoms with Crippen LogP contribution < -0.4 is 0 Å². The molecule has 6 aromatic rings. The van der Waals surface area contributed by atoms with Gasteiger partial charge in [-0.3, -0.25) is 0 Å². The van der Waals surface area contributed by atoms with E-state index in [4.69, 9.17) is 63.2 Å². The fraction of sp³-hybridized carbons (Fsp3) is 0.0952. The van der Waals surface area contributed by atoms with Gasteiger partial charge in [-0.25, -0.2) is 0 Å². The minimum absolute atomic E-state index is 0.448. The van der Waals surface area contributed by atoms with Gasteiger partial charge in [-0.2, -0.15) is 15.0 Å². The number of H-pyrrole nitrogens is 3. The summed E-state index contributed by atoms with van der Waals surface area (Å²) in [6.07, 6.45) is 7.38. The van der Waals surface area contributed by atoms with Gasteiger partial charge < -0.3 is 15.0 Å². The smallest absolute Gasteiger partial charge is 0.192 e. The highest BCUT2D eigenvalue weighted by atomic mass is 35.5. The van der Waals surface area contributed by atoms with Crippen molar-refractivity contribution in [1.29, 1.82) is 0 Å². The number of aromatic nitrogens is 6. The molecule has 3 N–H and O–H groups in total. The zero-order valence-electron chi connectivity index (χ0n) is 29.9. The Kier molecular flexibility index (Phi) is 18.8. The molecule has 55 heavy (non-hydrogen) atoms. The lowest BCUT2D eigenvalue weighted by Crippen LogP contribution is -1.98. The molecule has 0 radical (unpaired) electrons. The Bertz CT molecular complexity index is 2080. The molecule has 2 aromatic heterocycles. The molecule has 13 heteroatoms. The lowest BCUT2D eigenvalue weighted by atomic mass is 10.1. The molecule has 4 aromatic carbocycles. The van der Waals surface area contributed by atoms with Crippen molar-refractivity contribution < 1.29 is 0 Å². The van der Waals surface area contributed by atoms with Crippen LogP contribution in [0.4, 0.5) is 0 Å². The van der Waals surface area contributed by atoms with Crippen LogP contribution in [0.2, 0.25) is 0 Å². The molecule has 0 atom stereocenters. The summed E-state index contributed by atoms with van der Waals surface area (Å²) in [5.74, 6) is 2.96. The van der Waals surface area contributed by atoms with Crippen molar-refractivity contribution >= 4 is 108 Å².